The molecule has 4 rings (SSSR count). The minimum Gasteiger partial charge on any atom is -0.414 e. The van der Waals surface area contributed by atoms with Gasteiger partial charge in [0.15, 0.2) is 10.8 Å². The van der Waals surface area contributed by atoms with Gasteiger partial charge >= 0.3 is 6.18 Å². The first-order valence-corrected chi connectivity index (χ1v) is 9.39. The van der Waals surface area contributed by atoms with Crippen molar-refractivity contribution in [3.05, 3.63) is 58.7 Å². The van der Waals surface area contributed by atoms with E-state index in [9.17, 15) is 13.2 Å². The van der Waals surface area contributed by atoms with Gasteiger partial charge in [-0.3, -0.25) is 0 Å². The lowest BCUT2D eigenvalue weighted by Crippen LogP contribution is -2.10. The third-order valence-corrected chi connectivity index (χ3v) is 4.84. The first-order valence-electron chi connectivity index (χ1n) is 9.02. The van der Waals surface area contributed by atoms with Crippen LogP contribution >= 0.6 is 11.6 Å². The fourth-order valence-corrected chi connectivity index (χ4v) is 3.11. The Labute approximate surface area is 174 Å². The average molecular weight is 433 g/mol. The first-order chi connectivity index (χ1) is 14.0. The second kappa shape index (κ2) is 7.05. The fourth-order valence-electron chi connectivity index (χ4n) is 2.89. The number of benzene rings is 2. The molecule has 154 valence electrons. The van der Waals surface area contributed by atoms with Crippen molar-refractivity contribution >= 4 is 22.6 Å². The zero-order chi connectivity index (χ0) is 21.7. The summed E-state index contributed by atoms with van der Waals surface area (Å²) in [5.74, 6) is 0.217. The number of nitrogens with zero attached hydrogens (tertiary/aromatic N) is 4. The molecule has 0 fully saturated rings. The molecule has 0 unspecified atom stereocenters. The average Bonchev–Trinajstić information content (AvgIpc) is 3.15. The van der Waals surface area contributed by atoms with Gasteiger partial charge in [0.25, 0.3) is 5.89 Å². The smallest absolute Gasteiger partial charge is 0.414 e. The van der Waals surface area contributed by atoms with E-state index >= 15 is 0 Å². The molecule has 0 spiro atoms. The number of rotatable bonds is 2. The van der Waals surface area contributed by atoms with Gasteiger partial charge in [0.1, 0.15) is 0 Å². The topological polar surface area (TPSA) is 64.7 Å². The largest absolute Gasteiger partial charge is 0.416 e. The molecule has 0 bridgehead atoms. The molecule has 30 heavy (non-hydrogen) atoms. The van der Waals surface area contributed by atoms with E-state index in [-0.39, 0.29) is 39.1 Å². The molecule has 2 aromatic carbocycles. The van der Waals surface area contributed by atoms with E-state index in [0.29, 0.717) is 5.56 Å². The molecular formula is C21H16ClF3N4O. The van der Waals surface area contributed by atoms with E-state index in [1.54, 1.807) is 0 Å². The Morgan fingerprint density at radius 1 is 0.800 bits per heavy atom. The molecule has 0 radical (unpaired) electrons. The van der Waals surface area contributed by atoms with Crippen LogP contribution in [0.1, 0.15) is 31.9 Å². The summed E-state index contributed by atoms with van der Waals surface area (Å²) in [6.45, 7) is 6.33. The highest BCUT2D eigenvalue weighted by molar-refractivity contribution is 6.32. The van der Waals surface area contributed by atoms with E-state index in [0.717, 1.165) is 17.7 Å². The summed E-state index contributed by atoms with van der Waals surface area (Å²) in [5, 5.41) is 7.92. The van der Waals surface area contributed by atoms with E-state index in [4.69, 9.17) is 16.0 Å². The van der Waals surface area contributed by atoms with E-state index in [1.165, 1.54) is 6.07 Å². The van der Waals surface area contributed by atoms with Crippen molar-refractivity contribution < 1.29 is 17.6 Å². The van der Waals surface area contributed by atoms with Crippen LogP contribution in [0.3, 0.4) is 0 Å². The highest BCUT2D eigenvalue weighted by atomic mass is 35.5. The summed E-state index contributed by atoms with van der Waals surface area (Å²) >= 11 is 6.17. The minimum atomic E-state index is -4.49. The minimum absolute atomic E-state index is 0.00199. The fraction of sp³-hybridized carbons (Fsp3) is 0.238. The SMILES string of the molecule is CC(C)(C)c1ccc(-c2nnc(-c3nc4cc(C(F)(F)F)ccc4nc3Cl)o2)cc1. The molecule has 5 nitrogen and oxygen atoms in total. The molecule has 0 saturated heterocycles. The van der Waals surface area contributed by atoms with Gasteiger partial charge in [0.05, 0.1) is 16.6 Å². The van der Waals surface area contributed by atoms with E-state index < -0.39 is 11.7 Å². The second-order valence-electron chi connectivity index (χ2n) is 7.80. The first kappa shape index (κ1) is 20.3. The third-order valence-electron chi connectivity index (χ3n) is 4.57. The van der Waals surface area contributed by atoms with Gasteiger partial charge in [-0.1, -0.05) is 44.5 Å². The molecule has 0 atom stereocenters. The summed E-state index contributed by atoms with van der Waals surface area (Å²) in [4.78, 5) is 8.29. The number of alkyl halides is 3. The standard InChI is InChI=1S/C21H16ClF3N4O/c1-20(2,3)12-6-4-11(5-7-12)18-28-29-19(30-18)16-17(22)27-14-9-8-13(21(23,24)25)10-15(14)26-16/h4-10H,1-3H3. The molecule has 0 saturated carbocycles. The van der Waals surface area contributed by atoms with Crippen molar-refractivity contribution in [2.75, 3.05) is 0 Å². The van der Waals surface area contributed by atoms with E-state index in [2.05, 4.69) is 40.9 Å². The number of halogens is 4. The van der Waals surface area contributed by atoms with Crippen LogP contribution < -0.4 is 0 Å². The summed E-state index contributed by atoms with van der Waals surface area (Å²) in [6.07, 6.45) is -4.49. The Morgan fingerprint density at radius 3 is 2.07 bits per heavy atom. The maximum atomic E-state index is 13.0. The van der Waals surface area contributed by atoms with Crippen LogP contribution in [0.15, 0.2) is 46.9 Å². The predicted molar refractivity (Wildman–Crippen MR) is 107 cm³/mol. The number of aromatic nitrogens is 4. The normalized spacial score (nSPS) is 12.5. The van der Waals surface area contributed by atoms with E-state index in [1.807, 2.05) is 24.3 Å². The quantitative estimate of drug-likeness (QED) is 0.371. The molecule has 0 aliphatic rings. The van der Waals surface area contributed by atoms with Crippen LogP contribution in [0.25, 0.3) is 34.1 Å². The highest BCUT2D eigenvalue weighted by Gasteiger charge is 2.31. The van der Waals surface area contributed by atoms with Gasteiger partial charge in [-0.05, 0) is 41.3 Å². The van der Waals surface area contributed by atoms with Crippen molar-refractivity contribution in [2.24, 2.45) is 0 Å². The molecule has 9 heteroatoms. The summed E-state index contributed by atoms with van der Waals surface area (Å²) in [6, 6.07) is 10.7. The van der Waals surface area contributed by atoms with Gasteiger partial charge < -0.3 is 4.42 Å². The molecule has 4 aromatic rings. The molecule has 2 heterocycles. The Hall–Kier alpha value is -3.00. The lowest BCUT2D eigenvalue weighted by Gasteiger charge is -2.18. The summed E-state index contributed by atoms with van der Waals surface area (Å²) in [7, 11) is 0. The van der Waals surface area contributed by atoms with Crippen molar-refractivity contribution in [1.82, 2.24) is 20.2 Å². The van der Waals surface area contributed by atoms with Gasteiger partial charge in [-0.15, -0.1) is 10.2 Å². The highest BCUT2D eigenvalue weighted by Crippen LogP contribution is 2.33. The van der Waals surface area contributed by atoms with Crippen molar-refractivity contribution in [3.63, 3.8) is 0 Å². The maximum absolute atomic E-state index is 13.0. The number of fused-ring (bicyclic) bond motifs is 1. The lowest BCUT2D eigenvalue weighted by molar-refractivity contribution is -0.137. The third kappa shape index (κ3) is 3.87. The van der Waals surface area contributed by atoms with Crippen LogP contribution in [0.4, 0.5) is 13.2 Å². The van der Waals surface area contributed by atoms with Crippen molar-refractivity contribution in [1.29, 1.82) is 0 Å². The number of hydrogen-bond donors (Lipinski definition) is 0. The van der Waals surface area contributed by atoms with Gasteiger partial charge in [-0.25, -0.2) is 9.97 Å². The molecule has 0 N–H and O–H groups in total. The molecule has 0 aliphatic carbocycles. The second-order valence-corrected chi connectivity index (χ2v) is 8.16. The van der Waals surface area contributed by atoms with Crippen LogP contribution in [-0.2, 0) is 11.6 Å². The van der Waals surface area contributed by atoms with Crippen LogP contribution in [0.2, 0.25) is 5.15 Å². The van der Waals surface area contributed by atoms with Crippen LogP contribution in [0, 0.1) is 0 Å². The predicted octanol–water partition coefficient (Wildman–Crippen LogP) is 6.32. The Bertz CT molecular complexity index is 1230. The summed E-state index contributed by atoms with van der Waals surface area (Å²) in [5.41, 5.74) is 1.30. The van der Waals surface area contributed by atoms with Crippen molar-refractivity contribution in [2.45, 2.75) is 32.4 Å². The van der Waals surface area contributed by atoms with Gasteiger partial charge in [-0.2, -0.15) is 13.2 Å². The van der Waals surface area contributed by atoms with Crippen LogP contribution in [0.5, 0.6) is 0 Å². The molecule has 0 aliphatic heterocycles. The van der Waals surface area contributed by atoms with Crippen LogP contribution in [-0.4, -0.2) is 20.2 Å². The monoisotopic (exact) mass is 432 g/mol. The molecular weight excluding hydrogens is 417 g/mol. The Balaban J connectivity index is 1.72. The van der Waals surface area contributed by atoms with Gasteiger partial charge in [0, 0.05) is 5.56 Å². The zero-order valence-electron chi connectivity index (χ0n) is 16.3. The number of hydrogen-bond acceptors (Lipinski definition) is 5. The van der Waals surface area contributed by atoms with Gasteiger partial charge in [0.2, 0.25) is 5.89 Å². The molecule has 2 aromatic heterocycles. The molecule has 0 amide bonds. The zero-order valence-corrected chi connectivity index (χ0v) is 17.0. The lowest BCUT2D eigenvalue weighted by atomic mass is 9.87. The Morgan fingerprint density at radius 2 is 1.43 bits per heavy atom. The summed E-state index contributed by atoms with van der Waals surface area (Å²) < 4.78 is 44.7. The maximum Gasteiger partial charge on any atom is 0.416 e. The van der Waals surface area contributed by atoms with Crippen molar-refractivity contribution in [3.8, 4) is 23.0 Å². The Kier molecular flexibility index (Phi) is 4.77.